The van der Waals surface area contributed by atoms with Gasteiger partial charge in [-0.2, -0.15) is 0 Å². The largest absolute Gasteiger partial charge is 0.378 e. The monoisotopic (exact) mass is 247 g/mol. The number of allylic oxidation sites excluding steroid dienone is 3. The quantitative estimate of drug-likeness (QED) is 0.662. The molecule has 0 radical (unpaired) electrons. The molecule has 1 heteroatoms. The van der Waals surface area contributed by atoms with Crippen molar-refractivity contribution in [3.8, 4) is 0 Å². The molecule has 0 heterocycles. The minimum Gasteiger partial charge on any atom is -0.378 e. The van der Waals surface area contributed by atoms with Gasteiger partial charge in [-0.25, -0.2) is 0 Å². The molecule has 0 aromatic rings. The molecule has 3 unspecified atom stereocenters. The van der Waals surface area contributed by atoms with E-state index < -0.39 is 0 Å². The van der Waals surface area contributed by atoms with Crippen molar-refractivity contribution >= 4 is 0 Å². The molecule has 0 N–H and O–H groups in total. The van der Waals surface area contributed by atoms with Gasteiger partial charge in [-0.05, 0) is 43.4 Å². The first-order chi connectivity index (χ1) is 8.39. The Labute approximate surface area is 113 Å². The van der Waals surface area contributed by atoms with Crippen LogP contribution in [0.1, 0.15) is 46.5 Å². The normalized spacial score (nSPS) is 31.2. The molecule has 3 atom stereocenters. The summed E-state index contributed by atoms with van der Waals surface area (Å²) in [6.07, 6.45) is 10.2. The summed E-state index contributed by atoms with van der Waals surface area (Å²) in [6.45, 7) is 12.2. The Balaban J connectivity index is 1.79. The van der Waals surface area contributed by atoms with Gasteiger partial charge < -0.3 is 4.90 Å². The third kappa shape index (κ3) is 3.18. The summed E-state index contributed by atoms with van der Waals surface area (Å²) in [6, 6.07) is 0. The molecule has 0 saturated heterocycles. The average molecular weight is 247 g/mol. The van der Waals surface area contributed by atoms with Crippen molar-refractivity contribution in [3.05, 3.63) is 24.4 Å². The highest BCUT2D eigenvalue weighted by Crippen LogP contribution is 2.49. The first-order valence-corrected chi connectivity index (χ1v) is 7.45. The van der Waals surface area contributed by atoms with Crippen molar-refractivity contribution in [3.63, 3.8) is 0 Å². The summed E-state index contributed by atoms with van der Waals surface area (Å²) >= 11 is 0. The molecule has 2 aliphatic rings. The second-order valence-corrected chi connectivity index (χ2v) is 7.28. The number of hydrogen-bond donors (Lipinski definition) is 0. The number of hydrogen-bond acceptors (Lipinski definition) is 1. The topological polar surface area (TPSA) is 3.24 Å². The average Bonchev–Trinajstić information content (AvgIpc) is 3.07. The predicted octanol–water partition coefficient (Wildman–Crippen LogP) is 4.47. The van der Waals surface area contributed by atoms with Gasteiger partial charge in [0.15, 0.2) is 0 Å². The smallest absolute Gasteiger partial charge is 0.0202 e. The van der Waals surface area contributed by atoms with Crippen LogP contribution in [0.15, 0.2) is 24.4 Å². The van der Waals surface area contributed by atoms with Gasteiger partial charge in [-0.1, -0.05) is 39.5 Å². The lowest BCUT2D eigenvalue weighted by Crippen LogP contribution is -2.28. The zero-order chi connectivity index (χ0) is 13.3. The third-order valence-corrected chi connectivity index (χ3v) is 4.73. The maximum absolute atomic E-state index is 4.26. The maximum Gasteiger partial charge on any atom is 0.0202 e. The van der Waals surface area contributed by atoms with E-state index in [2.05, 4.69) is 51.4 Å². The lowest BCUT2D eigenvalue weighted by Gasteiger charge is -2.32. The predicted molar refractivity (Wildman–Crippen MR) is 79.3 cm³/mol. The lowest BCUT2D eigenvalue weighted by atomic mass is 9.89. The number of nitrogens with zero attached hydrogens (tertiary/aromatic N) is 1. The minimum atomic E-state index is 0.201. The highest BCUT2D eigenvalue weighted by molar-refractivity contribution is 5.06. The van der Waals surface area contributed by atoms with Crippen LogP contribution in [-0.4, -0.2) is 18.5 Å². The van der Waals surface area contributed by atoms with E-state index in [0.717, 1.165) is 17.8 Å². The fourth-order valence-corrected chi connectivity index (χ4v) is 3.30. The van der Waals surface area contributed by atoms with Gasteiger partial charge in [-0.3, -0.25) is 0 Å². The van der Waals surface area contributed by atoms with E-state index in [-0.39, 0.29) is 5.41 Å². The van der Waals surface area contributed by atoms with Crippen LogP contribution in [0.2, 0.25) is 0 Å². The fourth-order valence-electron chi connectivity index (χ4n) is 3.30. The van der Waals surface area contributed by atoms with Gasteiger partial charge in [0.1, 0.15) is 0 Å². The molecule has 2 aliphatic carbocycles. The first kappa shape index (κ1) is 13.7. The molecule has 0 aliphatic heterocycles. The van der Waals surface area contributed by atoms with Crippen molar-refractivity contribution < 1.29 is 0 Å². The van der Waals surface area contributed by atoms with Crippen molar-refractivity contribution in [1.82, 2.24) is 4.90 Å². The Morgan fingerprint density at radius 2 is 2.06 bits per heavy atom. The van der Waals surface area contributed by atoms with E-state index >= 15 is 0 Å². The van der Waals surface area contributed by atoms with Crippen molar-refractivity contribution in [2.45, 2.75) is 46.5 Å². The van der Waals surface area contributed by atoms with Crippen LogP contribution in [0.4, 0.5) is 0 Å². The van der Waals surface area contributed by atoms with Crippen LogP contribution in [0.5, 0.6) is 0 Å². The van der Waals surface area contributed by atoms with Crippen LogP contribution >= 0.6 is 0 Å². The van der Waals surface area contributed by atoms with Gasteiger partial charge in [0.2, 0.25) is 0 Å². The summed E-state index contributed by atoms with van der Waals surface area (Å²) in [5, 5.41) is 0. The summed E-state index contributed by atoms with van der Waals surface area (Å²) in [4.78, 5) is 2.39. The zero-order valence-electron chi connectivity index (χ0n) is 12.6. The second-order valence-electron chi connectivity index (χ2n) is 7.28. The zero-order valence-corrected chi connectivity index (χ0v) is 12.6. The van der Waals surface area contributed by atoms with Crippen molar-refractivity contribution in [2.75, 3.05) is 13.6 Å². The Kier molecular flexibility index (Phi) is 3.89. The highest BCUT2D eigenvalue weighted by atomic mass is 15.1. The molecule has 1 fully saturated rings. The standard InChI is InChI=1S/C17H29N/c1-13(17(2,3)4)18(5)12-15-11-16(15)14-9-7-6-8-10-14/h6-7,14-16H,1,8-12H2,2-5H3. The Morgan fingerprint density at radius 3 is 2.61 bits per heavy atom. The molecular formula is C17H29N. The van der Waals surface area contributed by atoms with Crippen molar-refractivity contribution in [1.29, 1.82) is 0 Å². The first-order valence-electron chi connectivity index (χ1n) is 7.45. The molecule has 1 saturated carbocycles. The van der Waals surface area contributed by atoms with Gasteiger partial charge in [0.25, 0.3) is 0 Å². The van der Waals surface area contributed by atoms with Crippen LogP contribution in [0, 0.1) is 23.2 Å². The van der Waals surface area contributed by atoms with Crippen LogP contribution in [-0.2, 0) is 0 Å². The van der Waals surface area contributed by atoms with Crippen LogP contribution in [0.25, 0.3) is 0 Å². The van der Waals surface area contributed by atoms with Gasteiger partial charge in [0.05, 0.1) is 0 Å². The Morgan fingerprint density at radius 1 is 1.33 bits per heavy atom. The minimum absolute atomic E-state index is 0.201. The molecule has 1 nitrogen and oxygen atoms in total. The van der Waals surface area contributed by atoms with E-state index in [1.54, 1.807) is 0 Å². The molecule has 2 rings (SSSR count). The van der Waals surface area contributed by atoms with E-state index in [0.29, 0.717) is 0 Å². The molecule has 0 bridgehead atoms. The molecule has 0 aromatic heterocycles. The Hall–Kier alpha value is -0.720. The molecular weight excluding hydrogens is 218 g/mol. The second kappa shape index (κ2) is 5.11. The van der Waals surface area contributed by atoms with Gasteiger partial charge >= 0.3 is 0 Å². The van der Waals surface area contributed by atoms with E-state index in [9.17, 15) is 0 Å². The lowest BCUT2D eigenvalue weighted by molar-refractivity contribution is 0.287. The van der Waals surface area contributed by atoms with Gasteiger partial charge in [0, 0.05) is 24.7 Å². The van der Waals surface area contributed by atoms with Crippen LogP contribution < -0.4 is 0 Å². The van der Waals surface area contributed by atoms with Gasteiger partial charge in [-0.15, -0.1) is 0 Å². The third-order valence-electron chi connectivity index (χ3n) is 4.73. The molecule has 0 spiro atoms. The SMILES string of the molecule is C=C(N(C)CC1CC1C1CC=CCC1)C(C)(C)C. The van der Waals surface area contributed by atoms with Crippen LogP contribution in [0.3, 0.4) is 0 Å². The summed E-state index contributed by atoms with van der Waals surface area (Å²) in [7, 11) is 2.21. The van der Waals surface area contributed by atoms with E-state index in [1.165, 1.54) is 37.9 Å². The van der Waals surface area contributed by atoms with Crippen molar-refractivity contribution in [2.24, 2.45) is 23.2 Å². The molecule has 18 heavy (non-hydrogen) atoms. The maximum atomic E-state index is 4.26. The summed E-state index contributed by atoms with van der Waals surface area (Å²) in [5.41, 5.74) is 1.48. The highest BCUT2D eigenvalue weighted by Gasteiger charge is 2.43. The molecule has 0 amide bonds. The summed E-state index contributed by atoms with van der Waals surface area (Å²) < 4.78 is 0. The molecule has 0 aromatic carbocycles. The Bertz CT molecular complexity index is 334. The number of rotatable bonds is 4. The van der Waals surface area contributed by atoms with E-state index in [4.69, 9.17) is 0 Å². The summed E-state index contributed by atoms with van der Waals surface area (Å²) in [5.74, 6) is 2.88. The van der Waals surface area contributed by atoms with E-state index in [1.807, 2.05) is 0 Å². The molecule has 102 valence electrons. The fraction of sp³-hybridized carbons (Fsp3) is 0.765.